The average molecular weight is 389 g/mol. The minimum Gasteiger partial charge on any atom is -0.464 e. The predicted octanol–water partition coefficient (Wildman–Crippen LogP) is 2.03. The van der Waals surface area contributed by atoms with Gasteiger partial charge in [-0.15, -0.1) is 0 Å². The number of amides is 1. The molecule has 1 aliphatic rings. The van der Waals surface area contributed by atoms with E-state index in [1.54, 1.807) is 17.1 Å². The number of hydrogen-bond donors (Lipinski definition) is 1. The summed E-state index contributed by atoms with van der Waals surface area (Å²) >= 11 is 0. The number of carbonyl (C=O) groups is 1. The number of carbonyl (C=O) groups excluding carboxylic acids is 1. The Balaban J connectivity index is 1.28. The zero-order chi connectivity index (χ0) is 19.8. The lowest BCUT2D eigenvalue weighted by Gasteiger charge is -2.16. The van der Waals surface area contributed by atoms with Crippen LogP contribution in [0.5, 0.6) is 0 Å². The van der Waals surface area contributed by atoms with Gasteiger partial charge in [0, 0.05) is 48.9 Å². The molecule has 4 heterocycles. The molecule has 9 nitrogen and oxygen atoms in total. The summed E-state index contributed by atoms with van der Waals surface area (Å²) < 4.78 is 7.07. The Hall–Kier alpha value is -3.75. The van der Waals surface area contributed by atoms with Gasteiger partial charge in [0.15, 0.2) is 0 Å². The standard InChI is InChI=1S/C20H19N7O2/c1-26-20(23-24-25-26)27-10-7-15(12-27)22-19(28)14-4-2-13(3-5-14)18-16-8-11-29-17(16)6-9-21-18/h2-6,8-9,11,15H,7,10,12H2,1H3,(H,22,28)/t15-/m0/s1. The number of aryl methyl sites for hydroxylation is 1. The van der Waals surface area contributed by atoms with Crippen LogP contribution >= 0.6 is 0 Å². The van der Waals surface area contributed by atoms with Crippen molar-refractivity contribution >= 4 is 22.8 Å². The van der Waals surface area contributed by atoms with Gasteiger partial charge in [-0.1, -0.05) is 17.2 Å². The van der Waals surface area contributed by atoms with Gasteiger partial charge in [0.2, 0.25) is 5.95 Å². The molecular formula is C20H19N7O2. The Kier molecular flexibility index (Phi) is 4.19. The summed E-state index contributed by atoms with van der Waals surface area (Å²) in [4.78, 5) is 19.2. The molecule has 1 aliphatic heterocycles. The molecule has 0 bridgehead atoms. The van der Waals surface area contributed by atoms with E-state index >= 15 is 0 Å². The second kappa shape index (κ2) is 7.01. The van der Waals surface area contributed by atoms with E-state index in [9.17, 15) is 4.79 Å². The second-order valence-electron chi connectivity index (χ2n) is 7.08. The van der Waals surface area contributed by atoms with Crippen LogP contribution in [0.25, 0.3) is 22.2 Å². The van der Waals surface area contributed by atoms with Crippen molar-refractivity contribution in [3.8, 4) is 11.3 Å². The number of tetrazole rings is 1. The van der Waals surface area contributed by atoms with Gasteiger partial charge >= 0.3 is 0 Å². The van der Waals surface area contributed by atoms with Crippen molar-refractivity contribution in [3.05, 3.63) is 54.4 Å². The minimum absolute atomic E-state index is 0.0558. The molecular weight excluding hydrogens is 370 g/mol. The third kappa shape index (κ3) is 3.20. The van der Waals surface area contributed by atoms with Crippen molar-refractivity contribution in [1.82, 2.24) is 30.5 Å². The van der Waals surface area contributed by atoms with E-state index in [1.807, 2.05) is 43.4 Å². The lowest BCUT2D eigenvalue weighted by Crippen LogP contribution is -2.37. The number of hydrogen-bond acceptors (Lipinski definition) is 7. The third-order valence-electron chi connectivity index (χ3n) is 5.20. The van der Waals surface area contributed by atoms with Gasteiger partial charge in [-0.05, 0) is 41.1 Å². The normalized spacial score (nSPS) is 16.4. The Morgan fingerprint density at radius 1 is 1.21 bits per heavy atom. The summed E-state index contributed by atoms with van der Waals surface area (Å²) in [6.45, 7) is 1.49. The highest BCUT2D eigenvalue weighted by Crippen LogP contribution is 2.27. The van der Waals surface area contributed by atoms with Crippen molar-refractivity contribution in [1.29, 1.82) is 0 Å². The number of nitrogens with one attached hydrogen (secondary N) is 1. The summed E-state index contributed by atoms with van der Waals surface area (Å²) in [7, 11) is 1.81. The molecule has 1 aromatic carbocycles. The summed E-state index contributed by atoms with van der Waals surface area (Å²) in [6, 6.07) is 11.3. The molecule has 9 heteroatoms. The lowest BCUT2D eigenvalue weighted by molar-refractivity contribution is 0.0940. The zero-order valence-corrected chi connectivity index (χ0v) is 15.8. The van der Waals surface area contributed by atoms with Crippen molar-refractivity contribution in [2.45, 2.75) is 12.5 Å². The predicted molar refractivity (Wildman–Crippen MR) is 106 cm³/mol. The molecule has 0 aliphatic carbocycles. The van der Waals surface area contributed by atoms with Crippen molar-refractivity contribution in [2.75, 3.05) is 18.0 Å². The summed E-state index contributed by atoms with van der Waals surface area (Å²) in [5.41, 5.74) is 3.19. The molecule has 0 spiro atoms. The van der Waals surface area contributed by atoms with E-state index in [2.05, 4.69) is 30.7 Å². The van der Waals surface area contributed by atoms with Gasteiger partial charge < -0.3 is 14.6 Å². The fourth-order valence-corrected chi connectivity index (χ4v) is 3.73. The SMILES string of the molecule is Cn1nnnc1N1CC[C@H](NC(=O)c2ccc(-c3nccc4occc34)cc2)C1. The number of rotatable bonds is 4. The number of anilines is 1. The summed E-state index contributed by atoms with van der Waals surface area (Å²) in [5.74, 6) is 0.626. The second-order valence-corrected chi connectivity index (χ2v) is 7.08. The molecule has 0 radical (unpaired) electrons. The highest BCUT2D eigenvalue weighted by atomic mass is 16.3. The molecule has 29 heavy (non-hydrogen) atoms. The maximum atomic E-state index is 12.7. The molecule has 1 N–H and O–H groups in total. The lowest BCUT2D eigenvalue weighted by atomic mass is 10.1. The molecule has 4 aromatic rings. The van der Waals surface area contributed by atoms with Crippen LogP contribution in [0.1, 0.15) is 16.8 Å². The number of benzene rings is 1. The molecule has 3 aromatic heterocycles. The Morgan fingerprint density at radius 3 is 2.86 bits per heavy atom. The Morgan fingerprint density at radius 2 is 2.07 bits per heavy atom. The van der Waals surface area contributed by atoms with Gasteiger partial charge in [0.1, 0.15) is 5.58 Å². The van der Waals surface area contributed by atoms with Crippen LogP contribution in [-0.2, 0) is 7.05 Å². The van der Waals surface area contributed by atoms with E-state index in [1.165, 1.54) is 0 Å². The summed E-state index contributed by atoms with van der Waals surface area (Å²) in [5, 5.41) is 15.6. The topological polar surface area (TPSA) is 102 Å². The number of furan rings is 1. The fraction of sp³-hybridized carbons (Fsp3) is 0.250. The monoisotopic (exact) mass is 389 g/mol. The number of pyridine rings is 1. The smallest absolute Gasteiger partial charge is 0.251 e. The number of fused-ring (bicyclic) bond motifs is 1. The number of aromatic nitrogens is 5. The van der Waals surface area contributed by atoms with E-state index in [0.717, 1.165) is 35.2 Å². The molecule has 0 saturated carbocycles. The van der Waals surface area contributed by atoms with Crippen molar-refractivity contribution in [2.24, 2.45) is 7.05 Å². The molecule has 0 unspecified atom stereocenters. The number of nitrogens with zero attached hydrogens (tertiary/aromatic N) is 6. The molecule has 5 rings (SSSR count). The largest absolute Gasteiger partial charge is 0.464 e. The van der Waals surface area contributed by atoms with E-state index in [-0.39, 0.29) is 11.9 Å². The van der Waals surface area contributed by atoms with Crippen LogP contribution in [0.2, 0.25) is 0 Å². The van der Waals surface area contributed by atoms with E-state index < -0.39 is 0 Å². The molecule has 1 saturated heterocycles. The van der Waals surface area contributed by atoms with Gasteiger partial charge in [-0.25, -0.2) is 4.68 Å². The average Bonchev–Trinajstić information content (AvgIpc) is 3.48. The third-order valence-corrected chi connectivity index (χ3v) is 5.20. The van der Waals surface area contributed by atoms with E-state index in [4.69, 9.17) is 4.42 Å². The van der Waals surface area contributed by atoms with Crippen LogP contribution in [-0.4, -0.2) is 50.2 Å². The van der Waals surface area contributed by atoms with Crippen molar-refractivity contribution in [3.63, 3.8) is 0 Å². The molecule has 1 amide bonds. The Bertz CT molecular complexity index is 1170. The van der Waals surface area contributed by atoms with Crippen LogP contribution in [0.3, 0.4) is 0 Å². The first kappa shape index (κ1) is 17.4. The maximum absolute atomic E-state index is 12.7. The van der Waals surface area contributed by atoms with Crippen LogP contribution in [0.15, 0.2) is 53.3 Å². The summed E-state index contributed by atoms with van der Waals surface area (Å²) in [6.07, 6.45) is 4.23. The van der Waals surface area contributed by atoms with Crippen LogP contribution in [0.4, 0.5) is 5.95 Å². The zero-order valence-electron chi connectivity index (χ0n) is 15.8. The first-order chi connectivity index (χ1) is 14.2. The van der Waals surface area contributed by atoms with Gasteiger partial charge in [0.25, 0.3) is 5.91 Å². The molecule has 1 atom stereocenters. The van der Waals surface area contributed by atoms with Crippen LogP contribution < -0.4 is 10.2 Å². The minimum atomic E-state index is -0.0889. The fourth-order valence-electron chi connectivity index (χ4n) is 3.73. The first-order valence-corrected chi connectivity index (χ1v) is 9.40. The quantitative estimate of drug-likeness (QED) is 0.570. The van der Waals surface area contributed by atoms with Crippen LogP contribution in [0, 0.1) is 0 Å². The molecule has 146 valence electrons. The van der Waals surface area contributed by atoms with Gasteiger partial charge in [-0.3, -0.25) is 9.78 Å². The Labute approximate surface area is 166 Å². The molecule has 1 fully saturated rings. The van der Waals surface area contributed by atoms with Crippen molar-refractivity contribution < 1.29 is 9.21 Å². The maximum Gasteiger partial charge on any atom is 0.251 e. The van der Waals surface area contributed by atoms with Gasteiger partial charge in [-0.2, -0.15) is 0 Å². The first-order valence-electron chi connectivity index (χ1n) is 9.40. The van der Waals surface area contributed by atoms with Gasteiger partial charge in [0.05, 0.1) is 12.0 Å². The highest BCUT2D eigenvalue weighted by Gasteiger charge is 2.27. The van der Waals surface area contributed by atoms with E-state index in [0.29, 0.717) is 18.1 Å². The highest BCUT2D eigenvalue weighted by molar-refractivity contribution is 5.96.